The Morgan fingerprint density at radius 3 is 2.29 bits per heavy atom. The lowest BCUT2D eigenvalue weighted by Crippen LogP contribution is -2.17. The van der Waals surface area contributed by atoms with Crippen LogP contribution in [-0.4, -0.2) is 35.5 Å². The zero-order chi connectivity index (χ0) is 21.6. The summed E-state index contributed by atoms with van der Waals surface area (Å²) in [4.78, 5) is 33.5. The SMILES string of the molecule is COCC(=O)Nc1ccc(NC(=O)c2cc(-c3ccncc3)nc3ccccc23)cc1. The molecular weight excluding hydrogens is 392 g/mol. The van der Waals surface area contributed by atoms with Crippen molar-refractivity contribution in [2.45, 2.75) is 0 Å². The molecule has 2 aromatic carbocycles. The largest absolute Gasteiger partial charge is 0.375 e. The summed E-state index contributed by atoms with van der Waals surface area (Å²) in [6.07, 6.45) is 3.39. The number of pyridine rings is 2. The van der Waals surface area contributed by atoms with Crippen molar-refractivity contribution in [3.8, 4) is 11.3 Å². The highest BCUT2D eigenvalue weighted by atomic mass is 16.5. The average Bonchev–Trinajstić information content (AvgIpc) is 2.80. The molecule has 0 aliphatic carbocycles. The molecule has 0 bridgehead atoms. The number of ether oxygens (including phenoxy) is 1. The van der Waals surface area contributed by atoms with Gasteiger partial charge in [0.05, 0.1) is 16.8 Å². The fourth-order valence-corrected chi connectivity index (χ4v) is 3.20. The molecule has 0 aliphatic rings. The lowest BCUT2D eigenvalue weighted by atomic mass is 10.0. The second-order valence-corrected chi connectivity index (χ2v) is 6.82. The maximum Gasteiger partial charge on any atom is 0.256 e. The summed E-state index contributed by atoms with van der Waals surface area (Å²) in [5.41, 5.74) is 4.07. The number of nitrogens with one attached hydrogen (secondary N) is 2. The van der Waals surface area contributed by atoms with Crippen LogP contribution in [0.4, 0.5) is 11.4 Å². The maximum atomic E-state index is 13.1. The van der Waals surface area contributed by atoms with Gasteiger partial charge in [-0.1, -0.05) is 18.2 Å². The van der Waals surface area contributed by atoms with Crippen LogP contribution in [0.25, 0.3) is 22.2 Å². The number of hydrogen-bond acceptors (Lipinski definition) is 5. The van der Waals surface area contributed by atoms with E-state index in [1.807, 2.05) is 36.4 Å². The number of benzene rings is 2. The summed E-state index contributed by atoms with van der Waals surface area (Å²) in [5, 5.41) is 6.40. The topological polar surface area (TPSA) is 93.2 Å². The summed E-state index contributed by atoms with van der Waals surface area (Å²) in [5.74, 6) is -0.490. The summed E-state index contributed by atoms with van der Waals surface area (Å²) >= 11 is 0. The number of anilines is 2. The highest BCUT2D eigenvalue weighted by Crippen LogP contribution is 2.25. The highest BCUT2D eigenvalue weighted by molar-refractivity contribution is 6.13. The minimum absolute atomic E-state index is 0.0204. The van der Waals surface area contributed by atoms with E-state index in [1.165, 1.54) is 7.11 Å². The molecule has 7 heteroatoms. The lowest BCUT2D eigenvalue weighted by molar-refractivity contribution is -0.119. The Bertz CT molecular complexity index is 1220. The molecule has 4 aromatic rings. The van der Waals surface area contributed by atoms with Gasteiger partial charge in [0.15, 0.2) is 0 Å². The number of fused-ring (bicyclic) bond motifs is 1. The van der Waals surface area contributed by atoms with Crippen LogP contribution in [-0.2, 0) is 9.53 Å². The lowest BCUT2D eigenvalue weighted by Gasteiger charge is -2.11. The van der Waals surface area contributed by atoms with Crippen molar-refractivity contribution in [2.24, 2.45) is 0 Å². The number of para-hydroxylation sites is 1. The van der Waals surface area contributed by atoms with E-state index in [0.717, 1.165) is 16.5 Å². The Hall–Kier alpha value is -4.10. The van der Waals surface area contributed by atoms with E-state index in [9.17, 15) is 9.59 Å². The third-order valence-electron chi connectivity index (χ3n) is 4.64. The molecule has 0 aliphatic heterocycles. The minimum Gasteiger partial charge on any atom is -0.375 e. The summed E-state index contributed by atoms with van der Waals surface area (Å²) in [6, 6.07) is 19.9. The first kappa shape index (κ1) is 20.2. The molecular formula is C24H20N4O3. The molecule has 31 heavy (non-hydrogen) atoms. The van der Waals surface area contributed by atoms with Gasteiger partial charge in [-0.05, 0) is 48.5 Å². The van der Waals surface area contributed by atoms with Crippen LogP contribution in [0.15, 0.2) is 79.1 Å². The van der Waals surface area contributed by atoms with Crippen LogP contribution >= 0.6 is 0 Å². The van der Waals surface area contributed by atoms with Crippen LogP contribution in [0.5, 0.6) is 0 Å². The molecule has 2 amide bonds. The second-order valence-electron chi connectivity index (χ2n) is 6.82. The maximum absolute atomic E-state index is 13.1. The minimum atomic E-state index is -0.245. The van der Waals surface area contributed by atoms with E-state index in [-0.39, 0.29) is 18.4 Å². The molecule has 2 heterocycles. The summed E-state index contributed by atoms with van der Waals surface area (Å²) < 4.78 is 4.80. The molecule has 2 N–H and O–H groups in total. The van der Waals surface area contributed by atoms with Crippen LogP contribution in [0.2, 0.25) is 0 Å². The standard InChI is InChI=1S/C24H20N4O3/c1-31-15-23(29)26-17-6-8-18(9-7-17)27-24(30)20-14-22(16-10-12-25-13-11-16)28-21-5-3-2-4-19(20)21/h2-14H,15H2,1H3,(H,26,29)(H,27,30). The Morgan fingerprint density at radius 1 is 0.903 bits per heavy atom. The summed E-state index contributed by atoms with van der Waals surface area (Å²) in [6.45, 7) is -0.0204. The quantitative estimate of drug-likeness (QED) is 0.497. The predicted molar refractivity (Wildman–Crippen MR) is 120 cm³/mol. The first-order valence-electron chi connectivity index (χ1n) is 9.64. The molecule has 0 spiro atoms. The third kappa shape index (κ3) is 4.73. The molecule has 154 valence electrons. The number of methoxy groups -OCH3 is 1. The zero-order valence-electron chi connectivity index (χ0n) is 16.8. The second kappa shape index (κ2) is 9.15. The van der Waals surface area contributed by atoms with Crippen molar-refractivity contribution in [2.75, 3.05) is 24.4 Å². The molecule has 0 fully saturated rings. The Labute approximate surface area is 179 Å². The van der Waals surface area contributed by atoms with E-state index in [4.69, 9.17) is 9.72 Å². The van der Waals surface area contributed by atoms with Crippen LogP contribution in [0.1, 0.15) is 10.4 Å². The average molecular weight is 412 g/mol. The molecule has 0 unspecified atom stereocenters. The van der Waals surface area contributed by atoms with Crippen molar-refractivity contribution in [1.29, 1.82) is 0 Å². The number of carbonyl (C=O) groups is 2. The van der Waals surface area contributed by atoms with Gasteiger partial charge in [-0.2, -0.15) is 0 Å². The van der Waals surface area contributed by atoms with Gasteiger partial charge < -0.3 is 15.4 Å². The van der Waals surface area contributed by atoms with Gasteiger partial charge in [-0.15, -0.1) is 0 Å². The van der Waals surface area contributed by atoms with Gasteiger partial charge >= 0.3 is 0 Å². The first-order valence-corrected chi connectivity index (χ1v) is 9.64. The Balaban J connectivity index is 1.61. The monoisotopic (exact) mass is 412 g/mol. The zero-order valence-corrected chi connectivity index (χ0v) is 16.8. The molecule has 0 atom stereocenters. The Morgan fingerprint density at radius 2 is 1.58 bits per heavy atom. The summed E-state index contributed by atoms with van der Waals surface area (Å²) in [7, 11) is 1.46. The van der Waals surface area contributed by atoms with Gasteiger partial charge in [0.1, 0.15) is 6.61 Å². The van der Waals surface area contributed by atoms with E-state index in [2.05, 4.69) is 15.6 Å². The van der Waals surface area contributed by atoms with Gasteiger partial charge in [0.2, 0.25) is 5.91 Å². The van der Waals surface area contributed by atoms with E-state index in [0.29, 0.717) is 22.6 Å². The molecule has 0 radical (unpaired) electrons. The van der Waals surface area contributed by atoms with Crippen LogP contribution in [0.3, 0.4) is 0 Å². The fraction of sp³-hybridized carbons (Fsp3) is 0.0833. The van der Waals surface area contributed by atoms with Crippen LogP contribution < -0.4 is 10.6 Å². The van der Waals surface area contributed by atoms with E-state index in [1.54, 1.807) is 42.7 Å². The van der Waals surface area contributed by atoms with Crippen molar-refractivity contribution < 1.29 is 14.3 Å². The fourth-order valence-electron chi connectivity index (χ4n) is 3.20. The number of rotatable bonds is 6. The Kier molecular flexibility index (Phi) is 5.96. The van der Waals surface area contributed by atoms with Gasteiger partial charge in [-0.3, -0.25) is 14.6 Å². The molecule has 4 rings (SSSR count). The smallest absolute Gasteiger partial charge is 0.256 e. The van der Waals surface area contributed by atoms with Crippen molar-refractivity contribution >= 4 is 34.1 Å². The number of hydrogen-bond donors (Lipinski definition) is 2. The highest BCUT2D eigenvalue weighted by Gasteiger charge is 2.14. The van der Waals surface area contributed by atoms with Gasteiger partial charge in [0.25, 0.3) is 5.91 Å². The van der Waals surface area contributed by atoms with Crippen molar-refractivity contribution in [1.82, 2.24) is 9.97 Å². The van der Waals surface area contributed by atoms with Crippen molar-refractivity contribution in [3.63, 3.8) is 0 Å². The molecule has 0 saturated carbocycles. The molecule has 7 nitrogen and oxygen atoms in total. The van der Waals surface area contributed by atoms with E-state index < -0.39 is 0 Å². The van der Waals surface area contributed by atoms with E-state index >= 15 is 0 Å². The van der Waals surface area contributed by atoms with Gasteiger partial charge in [-0.25, -0.2) is 4.98 Å². The number of amides is 2. The third-order valence-corrected chi connectivity index (χ3v) is 4.64. The normalized spacial score (nSPS) is 10.6. The molecule has 0 saturated heterocycles. The predicted octanol–water partition coefficient (Wildman–Crippen LogP) is 4.13. The van der Waals surface area contributed by atoms with Crippen molar-refractivity contribution in [3.05, 3.63) is 84.7 Å². The molecule has 2 aromatic heterocycles. The van der Waals surface area contributed by atoms with Crippen LogP contribution in [0, 0.1) is 0 Å². The number of nitrogens with zero attached hydrogens (tertiary/aromatic N) is 2. The number of carbonyl (C=O) groups excluding carboxylic acids is 2. The van der Waals surface area contributed by atoms with Gasteiger partial charge in [0, 0.05) is 41.8 Å². The number of aromatic nitrogens is 2. The first-order chi connectivity index (χ1) is 15.1.